The van der Waals surface area contributed by atoms with Crippen molar-refractivity contribution in [3.05, 3.63) is 15.9 Å². The summed E-state index contributed by atoms with van der Waals surface area (Å²) in [7, 11) is 1.49. The number of aromatic nitrogens is 3. The molecule has 0 saturated carbocycles. The van der Waals surface area contributed by atoms with Crippen molar-refractivity contribution in [1.29, 1.82) is 0 Å². The molecule has 0 unspecified atom stereocenters. The van der Waals surface area contributed by atoms with Gasteiger partial charge in [0.2, 0.25) is 10.9 Å². The van der Waals surface area contributed by atoms with E-state index in [1.54, 1.807) is 0 Å². The molecule has 0 aliphatic carbocycles. The monoisotopic (exact) mass is 433 g/mol. The van der Waals surface area contributed by atoms with Crippen molar-refractivity contribution < 1.29 is 31.5 Å². The third kappa shape index (κ3) is 4.00. The first-order chi connectivity index (χ1) is 12.5. The standard InChI is InChI=1S/C13H13ClF5N5O2S/c1-26-4-8-21-24-7(10(14)20-11(24)27-8)2-23-6-22(3-9(23)25)5-12(15,16)13(17,18)19/h2-6H2,1H3. The van der Waals surface area contributed by atoms with Gasteiger partial charge in [-0.1, -0.05) is 22.9 Å². The molecule has 0 radical (unpaired) electrons. The highest BCUT2D eigenvalue weighted by Crippen LogP contribution is 2.36. The predicted molar refractivity (Wildman–Crippen MR) is 84.6 cm³/mol. The van der Waals surface area contributed by atoms with Gasteiger partial charge in [-0.25, -0.2) is 9.50 Å². The molecule has 3 heterocycles. The molecule has 1 aliphatic rings. The highest BCUT2D eigenvalue weighted by Gasteiger charge is 2.58. The average Bonchev–Trinajstić information content (AvgIpc) is 3.14. The van der Waals surface area contributed by atoms with Gasteiger partial charge in [0.05, 0.1) is 32.9 Å². The number of fused-ring (bicyclic) bond motifs is 1. The molecule has 150 valence electrons. The molecule has 14 heteroatoms. The van der Waals surface area contributed by atoms with Crippen LogP contribution in [-0.4, -0.2) is 69.3 Å². The van der Waals surface area contributed by atoms with E-state index in [0.717, 1.165) is 9.80 Å². The van der Waals surface area contributed by atoms with E-state index in [1.807, 2.05) is 0 Å². The van der Waals surface area contributed by atoms with Crippen LogP contribution in [0.4, 0.5) is 22.0 Å². The molecule has 0 aromatic carbocycles. The van der Waals surface area contributed by atoms with Crippen LogP contribution in [0.25, 0.3) is 4.96 Å². The van der Waals surface area contributed by atoms with E-state index in [0.29, 0.717) is 15.7 Å². The number of halogens is 6. The zero-order valence-electron chi connectivity index (χ0n) is 13.8. The van der Waals surface area contributed by atoms with Crippen LogP contribution in [0.3, 0.4) is 0 Å². The second kappa shape index (κ2) is 7.11. The molecule has 1 saturated heterocycles. The summed E-state index contributed by atoms with van der Waals surface area (Å²) in [6.45, 7) is -2.40. The number of amides is 1. The van der Waals surface area contributed by atoms with E-state index in [1.165, 1.54) is 23.0 Å². The zero-order valence-corrected chi connectivity index (χ0v) is 15.3. The summed E-state index contributed by atoms with van der Waals surface area (Å²) in [6.07, 6.45) is -5.68. The van der Waals surface area contributed by atoms with Gasteiger partial charge in [0.15, 0.2) is 5.15 Å². The number of imidazole rings is 1. The smallest absolute Gasteiger partial charge is 0.377 e. The Morgan fingerprint density at radius 2 is 2.00 bits per heavy atom. The van der Waals surface area contributed by atoms with Gasteiger partial charge < -0.3 is 9.64 Å². The molecule has 7 nitrogen and oxygen atoms in total. The number of carbonyl (C=O) groups is 1. The van der Waals surface area contributed by atoms with Gasteiger partial charge in [-0.3, -0.25) is 9.69 Å². The van der Waals surface area contributed by atoms with Gasteiger partial charge in [0.1, 0.15) is 10.7 Å². The van der Waals surface area contributed by atoms with Crippen molar-refractivity contribution in [2.75, 3.05) is 26.9 Å². The van der Waals surface area contributed by atoms with E-state index in [4.69, 9.17) is 16.3 Å². The molecule has 0 N–H and O–H groups in total. The third-order valence-electron chi connectivity index (χ3n) is 3.82. The topological polar surface area (TPSA) is 63.0 Å². The maximum atomic E-state index is 13.2. The lowest BCUT2D eigenvalue weighted by atomic mass is 10.3. The lowest BCUT2D eigenvalue weighted by molar-refractivity contribution is -0.286. The van der Waals surface area contributed by atoms with Crippen LogP contribution < -0.4 is 0 Å². The van der Waals surface area contributed by atoms with Crippen LogP contribution in [0.5, 0.6) is 0 Å². The van der Waals surface area contributed by atoms with Crippen LogP contribution in [0.15, 0.2) is 0 Å². The number of carbonyl (C=O) groups excluding carboxylic acids is 1. The van der Waals surface area contributed by atoms with Gasteiger partial charge in [-0.05, 0) is 0 Å². The summed E-state index contributed by atoms with van der Waals surface area (Å²) >= 11 is 7.27. The fourth-order valence-corrected chi connectivity index (χ4v) is 3.73. The molecular formula is C13H13ClF5N5O2S. The summed E-state index contributed by atoms with van der Waals surface area (Å²) in [5.74, 6) is -5.50. The first-order valence-electron chi connectivity index (χ1n) is 7.48. The molecule has 1 aliphatic heterocycles. The minimum Gasteiger partial charge on any atom is -0.377 e. The van der Waals surface area contributed by atoms with Crippen molar-refractivity contribution in [3.63, 3.8) is 0 Å². The summed E-state index contributed by atoms with van der Waals surface area (Å²) < 4.78 is 69.9. The SMILES string of the molecule is COCc1nn2c(CN3CN(CC(F)(F)C(F)(F)F)CC3=O)c(Cl)nc2s1. The maximum Gasteiger partial charge on any atom is 0.454 e. The van der Waals surface area contributed by atoms with E-state index >= 15 is 0 Å². The Bertz CT molecular complexity index is 854. The van der Waals surface area contributed by atoms with Crippen LogP contribution in [0, 0.1) is 0 Å². The summed E-state index contributed by atoms with van der Waals surface area (Å²) in [5, 5.41) is 4.93. The van der Waals surface area contributed by atoms with Crippen molar-refractivity contribution in [3.8, 4) is 0 Å². The lowest BCUT2D eigenvalue weighted by Crippen LogP contribution is -2.46. The van der Waals surface area contributed by atoms with Gasteiger partial charge in [-0.15, -0.1) is 0 Å². The Hall–Kier alpha value is -1.57. The molecule has 3 rings (SSSR count). The Kier molecular flexibility index (Phi) is 5.31. The molecular weight excluding hydrogens is 421 g/mol. The number of hydrogen-bond donors (Lipinski definition) is 0. The number of alkyl halides is 5. The van der Waals surface area contributed by atoms with Crippen molar-refractivity contribution in [2.45, 2.75) is 25.3 Å². The maximum absolute atomic E-state index is 13.2. The number of methoxy groups -OCH3 is 1. The lowest BCUT2D eigenvalue weighted by Gasteiger charge is -2.24. The Balaban J connectivity index is 1.74. The van der Waals surface area contributed by atoms with E-state index in [-0.39, 0.29) is 25.0 Å². The molecule has 2 aromatic rings. The molecule has 0 atom stereocenters. The fourth-order valence-electron chi connectivity index (χ4n) is 2.58. The van der Waals surface area contributed by atoms with Crippen LogP contribution in [0.1, 0.15) is 10.7 Å². The van der Waals surface area contributed by atoms with Gasteiger partial charge in [0, 0.05) is 7.11 Å². The summed E-state index contributed by atoms with van der Waals surface area (Å²) in [4.78, 5) is 18.5. The minimum absolute atomic E-state index is 0.0737. The molecule has 0 spiro atoms. The minimum atomic E-state index is -5.68. The van der Waals surface area contributed by atoms with Gasteiger partial charge in [-0.2, -0.15) is 27.1 Å². The second-order valence-electron chi connectivity index (χ2n) is 5.89. The van der Waals surface area contributed by atoms with Crippen molar-refractivity contribution >= 4 is 33.8 Å². The van der Waals surface area contributed by atoms with E-state index < -0.39 is 31.1 Å². The van der Waals surface area contributed by atoms with Gasteiger partial charge in [0.25, 0.3) is 0 Å². The van der Waals surface area contributed by atoms with Crippen molar-refractivity contribution in [1.82, 2.24) is 24.4 Å². The molecule has 2 aromatic heterocycles. The normalized spacial score (nSPS) is 16.9. The fraction of sp³-hybridized carbons (Fsp3) is 0.615. The second-order valence-corrected chi connectivity index (χ2v) is 7.29. The summed E-state index contributed by atoms with van der Waals surface area (Å²) in [5.41, 5.74) is 0.336. The Morgan fingerprint density at radius 3 is 2.63 bits per heavy atom. The van der Waals surface area contributed by atoms with E-state index in [2.05, 4.69) is 10.1 Å². The molecule has 27 heavy (non-hydrogen) atoms. The number of hydrogen-bond acceptors (Lipinski definition) is 6. The molecule has 1 fully saturated rings. The zero-order chi connectivity index (χ0) is 20.0. The Morgan fingerprint density at radius 1 is 1.30 bits per heavy atom. The summed E-state index contributed by atoms with van der Waals surface area (Å²) in [6, 6.07) is 0. The molecule has 1 amide bonds. The van der Waals surface area contributed by atoms with Crippen LogP contribution in [0.2, 0.25) is 5.15 Å². The first kappa shape index (κ1) is 20.2. The third-order valence-corrected chi connectivity index (χ3v) is 5.00. The quantitative estimate of drug-likeness (QED) is 0.655. The van der Waals surface area contributed by atoms with E-state index in [9.17, 15) is 26.7 Å². The van der Waals surface area contributed by atoms with Crippen LogP contribution in [-0.2, 0) is 22.7 Å². The predicted octanol–water partition coefficient (Wildman–Crippen LogP) is 2.39. The van der Waals surface area contributed by atoms with Crippen LogP contribution >= 0.6 is 22.9 Å². The number of rotatable bonds is 6. The first-order valence-corrected chi connectivity index (χ1v) is 8.67. The number of nitrogens with zero attached hydrogens (tertiary/aromatic N) is 5. The Labute approximate surface area is 158 Å². The number of ether oxygens (including phenoxy) is 1. The average molecular weight is 434 g/mol. The largest absolute Gasteiger partial charge is 0.454 e. The molecule has 0 bridgehead atoms. The van der Waals surface area contributed by atoms with Crippen molar-refractivity contribution in [2.24, 2.45) is 0 Å². The highest BCUT2D eigenvalue weighted by molar-refractivity contribution is 7.16. The van der Waals surface area contributed by atoms with Gasteiger partial charge >= 0.3 is 12.1 Å². The highest BCUT2D eigenvalue weighted by atomic mass is 35.5.